The Balaban J connectivity index is 1.82. The van der Waals surface area contributed by atoms with Crippen molar-refractivity contribution >= 4 is 15.7 Å². The molecule has 0 bridgehead atoms. The van der Waals surface area contributed by atoms with Gasteiger partial charge in [-0.25, -0.2) is 8.42 Å². The SMILES string of the molecule is Cc1cccc(S(=O)(=O)C[C@H]2CC[C@H](NC(=O)CN(C)C(C)(C)C)CC2)c1. The number of rotatable bonds is 6. The summed E-state index contributed by atoms with van der Waals surface area (Å²) in [6, 6.07) is 7.28. The molecule has 1 fully saturated rings. The second-order valence-corrected chi connectivity index (χ2v) is 10.9. The fourth-order valence-corrected chi connectivity index (χ4v) is 5.21. The van der Waals surface area contributed by atoms with Crippen LogP contribution in [0.5, 0.6) is 0 Å². The van der Waals surface area contributed by atoms with Crippen LogP contribution in [0.1, 0.15) is 52.0 Å². The Hall–Kier alpha value is -1.40. The molecular formula is C21H34N2O3S. The van der Waals surface area contributed by atoms with Crippen LogP contribution in [0.4, 0.5) is 0 Å². The topological polar surface area (TPSA) is 66.5 Å². The highest BCUT2D eigenvalue weighted by atomic mass is 32.2. The van der Waals surface area contributed by atoms with Crippen LogP contribution in [0.2, 0.25) is 0 Å². The summed E-state index contributed by atoms with van der Waals surface area (Å²) >= 11 is 0. The van der Waals surface area contributed by atoms with Crippen molar-refractivity contribution in [1.82, 2.24) is 10.2 Å². The molecule has 0 saturated heterocycles. The average Bonchev–Trinajstić information content (AvgIpc) is 2.55. The largest absolute Gasteiger partial charge is 0.352 e. The second-order valence-electron chi connectivity index (χ2n) is 8.91. The van der Waals surface area contributed by atoms with Crippen molar-refractivity contribution in [3.8, 4) is 0 Å². The van der Waals surface area contributed by atoms with E-state index in [-0.39, 0.29) is 29.2 Å². The quantitative estimate of drug-likeness (QED) is 0.805. The third-order valence-electron chi connectivity index (χ3n) is 5.54. The summed E-state index contributed by atoms with van der Waals surface area (Å²) in [5.41, 5.74) is 0.918. The Labute approximate surface area is 164 Å². The molecule has 0 spiro atoms. The van der Waals surface area contributed by atoms with E-state index in [4.69, 9.17) is 0 Å². The predicted octanol–water partition coefficient (Wildman–Crippen LogP) is 3.17. The van der Waals surface area contributed by atoms with E-state index in [1.54, 1.807) is 18.2 Å². The van der Waals surface area contributed by atoms with Crippen molar-refractivity contribution in [2.75, 3.05) is 19.3 Å². The summed E-state index contributed by atoms with van der Waals surface area (Å²) in [6.45, 7) is 8.54. The van der Waals surface area contributed by atoms with Crippen LogP contribution in [-0.4, -0.2) is 50.2 Å². The average molecular weight is 395 g/mol. The van der Waals surface area contributed by atoms with Gasteiger partial charge in [-0.3, -0.25) is 9.69 Å². The minimum atomic E-state index is -3.25. The van der Waals surface area contributed by atoms with Gasteiger partial charge in [0.15, 0.2) is 9.84 Å². The zero-order valence-electron chi connectivity index (χ0n) is 17.3. The monoisotopic (exact) mass is 394 g/mol. The number of nitrogens with one attached hydrogen (secondary N) is 1. The molecule has 0 unspecified atom stereocenters. The molecule has 1 saturated carbocycles. The van der Waals surface area contributed by atoms with Crippen LogP contribution in [0.3, 0.4) is 0 Å². The van der Waals surface area contributed by atoms with E-state index in [0.717, 1.165) is 31.2 Å². The van der Waals surface area contributed by atoms with Crippen LogP contribution < -0.4 is 5.32 Å². The number of hydrogen-bond donors (Lipinski definition) is 1. The van der Waals surface area contributed by atoms with Gasteiger partial charge in [0.2, 0.25) is 5.91 Å². The lowest BCUT2D eigenvalue weighted by Gasteiger charge is -2.33. The molecule has 1 N–H and O–H groups in total. The minimum absolute atomic E-state index is 0.0425. The van der Waals surface area contributed by atoms with Gasteiger partial charge in [-0.05, 0) is 84.0 Å². The van der Waals surface area contributed by atoms with E-state index in [1.165, 1.54) is 0 Å². The number of likely N-dealkylation sites (N-methyl/N-ethyl adjacent to an activating group) is 1. The van der Waals surface area contributed by atoms with Crippen molar-refractivity contribution < 1.29 is 13.2 Å². The maximum Gasteiger partial charge on any atom is 0.234 e. The number of carbonyl (C=O) groups is 1. The van der Waals surface area contributed by atoms with Crippen molar-refractivity contribution in [2.45, 2.75) is 69.9 Å². The standard InChI is InChI=1S/C21H34N2O3S/c1-16-7-6-8-19(13-16)27(25,26)15-17-9-11-18(12-10-17)22-20(24)14-23(5)21(2,3)4/h6-8,13,17-18H,9-12,14-15H2,1-5H3,(H,22,24)/t17-,18-. The van der Waals surface area contributed by atoms with Crippen molar-refractivity contribution in [3.05, 3.63) is 29.8 Å². The Morgan fingerprint density at radius 1 is 1.19 bits per heavy atom. The lowest BCUT2D eigenvalue weighted by atomic mass is 9.87. The molecule has 0 radical (unpaired) electrons. The molecule has 0 atom stereocenters. The highest BCUT2D eigenvalue weighted by molar-refractivity contribution is 7.91. The van der Waals surface area contributed by atoms with E-state index in [9.17, 15) is 13.2 Å². The normalized spacial score (nSPS) is 21.3. The fourth-order valence-electron chi connectivity index (χ4n) is 3.41. The van der Waals surface area contributed by atoms with Gasteiger partial charge in [-0.2, -0.15) is 0 Å². The number of nitrogens with zero attached hydrogens (tertiary/aromatic N) is 1. The Morgan fingerprint density at radius 3 is 2.37 bits per heavy atom. The number of aryl methyl sites for hydroxylation is 1. The molecule has 27 heavy (non-hydrogen) atoms. The molecule has 1 aromatic carbocycles. The van der Waals surface area contributed by atoms with Crippen LogP contribution in [0, 0.1) is 12.8 Å². The van der Waals surface area contributed by atoms with E-state index in [2.05, 4.69) is 26.1 Å². The smallest absolute Gasteiger partial charge is 0.234 e. The van der Waals surface area contributed by atoms with Gasteiger partial charge in [0.1, 0.15) is 0 Å². The van der Waals surface area contributed by atoms with Crippen LogP contribution in [0.15, 0.2) is 29.2 Å². The maximum absolute atomic E-state index is 12.7. The third kappa shape index (κ3) is 6.61. The van der Waals surface area contributed by atoms with Gasteiger partial charge in [-0.1, -0.05) is 12.1 Å². The van der Waals surface area contributed by atoms with E-state index < -0.39 is 9.84 Å². The molecule has 1 aromatic rings. The van der Waals surface area contributed by atoms with Crippen molar-refractivity contribution in [1.29, 1.82) is 0 Å². The van der Waals surface area contributed by atoms with Crippen LogP contribution >= 0.6 is 0 Å². The second kappa shape index (κ2) is 8.74. The molecular weight excluding hydrogens is 360 g/mol. The lowest BCUT2D eigenvalue weighted by Crippen LogP contribution is -2.47. The van der Waals surface area contributed by atoms with Gasteiger partial charge in [0.05, 0.1) is 17.2 Å². The first-order chi connectivity index (χ1) is 12.5. The first-order valence-corrected chi connectivity index (χ1v) is 11.4. The van der Waals surface area contributed by atoms with Crippen LogP contribution in [0.25, 0.3) is 0 Å². The third-order valence-corrected chi connectivity index (χ3v) is 7.42. The minimum Gasteiger partial charge on any atom is -0.352 e. The highest BCUT2D eigenvalue weighted by Crippen LogP contribution is 2.28. The Morgan fingerprint density at radius 2 is 1.81 bits per heavy atom. The Kier molecular flexibility index (Phi) is 7.09. The first-order valence-electron chi connectivity index (χ1n) is 9.77. The number of benzene rings is 1. The van der Waals surface area contributed by atoms with Crippen molar-refractivity contribution in [3.63, 3.8) is 0 Å². The van der Waals surface area contributed by atoms with Crippen molar-refractivity contribution in [2.24, 2.45) is 5.92 Å². The predicted molar refractivity (Wildman–Crippen MR) is 110 cm³/mol. The number of hydrogen-bond acceptors (Lipinski definition) is 4. The number of amides is 1. The van der Waals surface area contributed by atoms with Gasteiger partial charge in [0.25, 0.3) is 0 Å². The molecule has 5 nitrogen and oxygen atoms in total. The fraction of sp³-hybridized carbons (Fsp3) is 0.667. The van der Waals surface area contributed by atoms with E-state index >= 15 is 0 Å². The molecule has 0 aromatic heterocycles. The lowest BCUT2D eigenvalue weighted by molar-refractivity contribution is -0.124. The van der Waals surface area contributed by atoms with E-state index in [1.807, 2.05) is 24.9 Å². The number of sulfone groups is 1. The summed E-state index contributed by atoms with van der Waals surface area (Å²) in [6.07, 6.45) is 3.37. The van der Waals surface area contributed by atoms with Gasteiger partial charge < -0.3 is 5.32 Å². The molecule has 6 heteroatoms. The van der Waals surface area contributed by atoms with Gasteiger partial charge >= 0.3 is 0 Å². The summed E-state index contributed by atoms with van der Waals surface area (Å²) in [7, 11) is -1.30. The Bertz CT molecular complexity index is 745. The molecule has 1 amide bonds. The summed E-state index contributed by atoms with van der Waals surface area (Å²) in [4.78, 5) is 14.7. The zero-order chi connectivity index (χ0) is 20.2. The zero-order valence-corrected chi connectivity index (χ0v) is 18.1. The van der Waals surface area contributed by atoms with Gasteiger partial charge in [0, 0.05) is 11.6 Å². The highest BCUT2D eigenvalue weighted by Gasteiger charge is 2.28. The molecule has 1 aliphatic rings. The molecule has 2 rings (SSSR count). The maximum atomic E-state index is 12.7. The molecule has 1 aliphatic carbocycles. The number of carbonyl (C=O) groups excluding carboxylic acids is 1. The first kappa shape index (κ1) is 21.9. The van der Waals surface area contributed by atoms with E-state index in [0.29, 0.717) is 11.4 Å². The molecule has 0 aliphatic heterocycles. The summed E-state index contributed by atoms with van der Waals surface area (Å²) < 4.78 is 25.3. The van der Waals surface area contributed by atoms with Gasteiger partial charge in [-0.15, -0.1) is 0 Å². The molecule has 152 valence electrons. The summed E-state index contributed by atoms with van der Waals surface area (Å²) in [5, 5.41) is 3.11. The van der Waals surface area contributed by atoms with Crippen LogP contribution in [-0.2, 0) is 14.6 Å². The molecule has 0 heterocycles. The summed E-state index contributed by atoms with van der Waals surface area (Å²) in [5.74, 6) is 0.410.